The first-order chi connectivity index (χ1) is 10.1. The lowest BCUT2D eigenvalue weighted by atomic mass is 9.98. The number of benzene rings is 1. The summed E-state index contributed by atoms with van der Waals surface area (Å²) in [5.74, 6) is -1.04. The van der Waals surface area contributed by atoms with E-state index in [-0.39, 0.29) is 11.9 Å². The average Bonchev–Trinajstić information content (AvgIpc) is 2.86. The smallest absolute Gasteiger partial charge is 0.312 e. The Morgan fingerprint density at radius 2 is 2.05 bits per heavy atom. The molecule has 112 valence electrons. The number of aliphatic carboxylic acids is 1. The van der Waals surface area contributed by atoms with Gasteiger partial charge in [0, 0.05) is 38.6 Å². The van der Waals surface area contributed by atoms with Crippen LogP contribution < -0.4 is 0 Å². The molecule has 2 heterocycles. The lowest BCUT2D eigenvalue weighted by molar-refractivity contribution is -0.140. The van der Waals surface area contributed by atoms with Gasteiger partial charge in [0.1, 0.15) is 0 Å². The number of carboxylic acids is 1. The zero-order valence-corrected chi connectivity index (χ0v) is 11.9. The van der Waals surface area contributed by atoms with E-state index in [4.69, 9.17) is 0 Å². The van der Waals surface area contributed by atoms with Crippen LogP contribution in [0.4, 0.5) is 0 Å². The standard InChI is InChI=1S/C16H20N2O3/c19-15-7-6-13-10-17(8-9-18(13)15)11-14(16(20)21)12-4-2-1-3-5-12/h1-5,13-14H,6-11H2,(H,20,21). The van der Waals surface area contributed by atoms with Crippen molar-refractivity contribution in [3.05, 3.63) is 35.9 Å². The van der Waals surface area contributed by atoms with E-state index >= 15 is 0 Å². The number of amides is 1. The van der Waals surface area contributed by atoms with Crippen LogP contribution in [0.15, 0.2) is 30.3 Å². The van der Waals surface area contributed by atoms with Crippen molar-refractivity contribution in [2.45, 2.75) is 24.8 Å². The molecule has 1 amide bonds. The molecule has 2 saturated heterocycles. The van der Waals surface area contributed by atoms with E-state index < -0.39 is 11.9 Å². The third-order valence-electron chi connectivity index (χ3n) is 4.52. The second-order valence-electron chi connectivity index (χ2n) is 5.84. The maximum Gasteiger partial charge on any atom is 0.312 e. The minimum Gasteiger partial charge on any atom is -0.481 e. The Balaban J connectivity index is 1.67. The molecule has 0 aromatic heterocycles. The highest BCUT2D eigenvalue weighted by Gasteiger charge is 2.36. The molecule has 1 aromatic carbocycles. The number of rotatable bonds is 4. The molecule has 0 bridgehead atoms. The predicted molar refractivity (Wildman–Crippen MR) is 78.0 cm³/mol. The Morgan fingerprint density at radius 1 is 1.29 bits per heavy atom. The largest absolute Gasteiger partial charge is 0.481 e. The first-order valence-electron chi connectivity index (χ1n) is 7.44. The topological polar surface area (TPSA) is 60.9 Å². The maximum atomic E-state index is 11.7. The fourth-order valence-corrected chi connectivity index (χ4v) is 3.36. The van der Waals surface area contributed by atoms with Gasteiger partial charge in [0.25, 0.3) is 0 Å². The fourth-order valence-electron chi connectivity index (χ4n) is 3.36. The summed E-state index contributed by atoms with van der Waals surface area (Å²) in [7, 11) is 0. The van der Waals surface area contributed by atoms with Gasteiger partial charge in [0.2, 0.25) is 5.91 Å². The highest BCUT2D eigenvalue weighted by Crippen LogP contribution is 2.25. The van der Waals surface area contributed by atoms with Crippen molar-refractivity contribution in [2.24, 2.45) is 0 Å². The Morgan fingerprint density at radius 3 is 2.76 bits per heavy atom. The number of piperazine rings is 1. The molecular weight excluding hydrogens is 268 g/mol. The number of hydrogen-bond donors (Lipinski definition) is 1. The van der Waals surface area contributed by atoms with Gasteiger partial charge in [-0.15, -0.1) is 0 Å². The van der Waals surface area contributed by atoms with Gasteiger partial charge in [0.05, 0.1) is 5.92 Å². The first kappa shape index (κ1) is 14.1. The van der Waals surface area contributed by atoms with Crippen molar-refractivity contribution in [3.63, 3.8) is 0 Å². The first-order valence-corrected chi connectivity index (χ1v) is 7.44. The van der Waals surface area contributed by atoms with Crippen molar-refractivity contribution in [1.29, 1.82) is 0 Å². The summed E-state index contributed by atoms with van der Waals surface area (Å²) in [4.78, 5) is 27.4. The highest BCUT2D eigenvalue weighted by atomic mass is 16.4. The molecule has 0 aliphatic carbocycles. The van der Waals surface area contributed by atoms with Gasteiger partial charge in [-0.2, -0.15) is 0 Å². The number of carboxylic acid groups (broad SMARTS) is 1. The molecule has 3 rings (SSSR count). The zero-order chi connectivity index (χ0) is 14.8. The SMILES string of the molecule is O=C(O)C(CN1CCN2C(=O)CCC2C1)c1ccccc1. The van der Waals surface area contributed by atoms with Crippen LogP contribution in [0.3, 0.4) is 0 Å². The van der Waals surface area contributed by atoms with Crippen LogP contribution in [0, 0.1) is 0 Å². The van der Waals surface area contributed by atoms with E-state index in [1.54, 1.807) is 0 Å². The van der Waals surface area contributed by atoms with Crippen LogP contribution in [0.1, 0.15) is 24.3 Å². The summed E-state index contributed by atoms with van der Waals surface area (Å²) in [6.45, 7) is 2.80. The van der Waals surface area contributed by atoms with Crippen LogP contribution in [-0.2, 0) is 9.59 Å². The molecular formula is C16H20N2O3. The van der Waals surface area contributed by atoms with Crippen molar-refractivity contribution in [2.75, 3.05) is 26.2 Å². The number of carbonyl (C=O) groups excluding carboxylic acids is 1. The molecule has 0 spiro atoms. The number of hydrogen-bond acceptors (Lipinski definition) is 3. The second kappa shape index (κ2) is 5.85. The van der Waals surface area contributed by atoms with Crippen molar-refractivity contribution in [1.82, 2.24) is 9.80 Å². The fraction of sp³-hybridized carbons (Fsp3) is 0.500. The lowest BCUT2D eigenvalue weighted by Gasteiger charge is -2.38. The quantitative estimate of drug-likeness (QED) is 0.903. The summed E-state index contributed by atoms with van der Waals surface area (Å²) < 4.78 is 0. The summed E-state index contributed by atoms with van der Waals surface area (Å²) in [5.41, 5.74) is 0.843. The molecule has 5 heteroatoms. The van der Waals surface area contributed by atoms with E-state index in [1.807, 2.05) is 35.2 Å². The minimum atomic E-state index is -0.786. The number of nitrogens with zero attached hydrogens (tertiary/aromatic N) is 2. The van der Waals surface area contributed by atoms with Gasteiger partial charge >= 0.3 is 5.97 Å². The Hall–Kier alpha value is -1.88. The second-order valence-corrected chi connectivity index (χ2v) is 5.84. The summed E-state index contributed by atoms with van der Waals surface area (Å²) in [6, 6.07) is 9.65. The van der Waals surface area contributed by atoms with Crippen molar-refractivity contribution >= 4 is 11.9 Å². The summed E-state index contributed by atoms with van der Waals surface area (Å²) in [6.07, 6.45) is 1.54. The lowest BCUT2D eigenvalue weighted by Crippen LogP contribution is -2.52. The molecule has 2 fully saturated rings. The van der Waals surface area contributed by atoms with Crippen LogP contribution in [0.5, 0.6) is 0 Å². The van der Waals surface area contributed by atoms with E-state index in [2.05, 4.69) is 4.90 Å². The van der Waals surface area contributed by atoms with Gasteiger partial charge in [-0.1, -0.05) is 30.3 Å². The van der Waals surface area contributed by atoms with Gasteiger partial charge in [-0.3, -0.25) is 14.5 Å². The molecule has 21 heavy (non-hydrogen) atoms. The molecule has 2 unspecified atom stereocenters. The third-order valence-corrected chi connectivity index (χ3v) is 4.52. The van der Waals surface area contributed by atoms with E-state index in [9.17, 15) is 14.7 Å². The van der Waals surface area contributed by atoms with E-state index in [1.165, 1.54) is 0 Å². The van der Waals surface area contributed by atoms with Gasteiger partial charge in [-0.25, -0.2) is 0 Å². The minimum absolute atomic E-state index is 0.248. The zero-order valence-electron chi connectivity index (χ0n) is 11.9. The number of fused-ring (bicyclic) bond motifs is 1. The van der Waals surface area contributed by atoms with Crippen molar-refractivity contribution < 1.29 is 14.7 Å². The van der Waals surface area contributed by atoms with Gasteiger partial charge in [0.15, 0.2) is 0 Å². The van der Waals surface area contributed by atoms with Crippen LogP contribution in [0.2, 0.25) is 0 Å². The van der Waals surface area contributed by atoms with Crippen LogP contribution >= 0.6 is 0 Å². The van der Waals surface area contributed by atoms with Crippen LogP contribution in [0.25, 0.3) is 0 Å². The molecule has 0 saturated carbocycles. The molecule has 2 aliphatic rings. The number of carbonyl (C=O) groups is 2. The Kier molecular flexibility index (Phi) is 3.92. The Bertz CT molecular complexity index is 532. The Labute approximate surface area is 124 Å². The van der Waals surface area contributed by atoms with Crippen LogP contribution in [-0.4, -0.2) is 59.0 Å². The predicted octanol–water partition coefficient (Wildman–Crippen LogP) is 1.16. The highest BCUT2D eigenvalue weighted by molar-refractivity contribution is 5.79. The van der Waals surface area contributed by atoms with Crippen molar-refractivity contribution in [3.8, 4) is 0 Å². The normalized spacial score (nSPS) is 23.9. The van der Waals surface area contributed by atoms with E-state index in [0.29, 0.717) is 13.0 Å². The summed E-state index contributed by atoms with van der Waals surface area (Å²) >= 11 is 0. The molecule has 2 atom stereocenters. The third kappa shape index (κ3) is 2.93. The van der Waals surface area contributed by atoms with E-state index in [0.717, 1.165) is 31.6 Å². The van der Waals surface area contributed by atoms with Gasteiger partial charge in [-0.05, 0) is 12.0 Å². The average molecular weight is 288 g/mol. The molecule has 1 aromatic rings. The molecule has 0 radical (unpaired) electrons. The van der Waals surface area contributed by atoms with Gasteiger partial charge < -0.3 is 10.0 Å². The molecule has 2 aliphatic heterocycles. The molecule has 5 nitrogen and oxygen atoms in total. The molecule has 1 N–H and O–H groups in total. The monoisotopic (exact) mass is 288 g/mol. The summed E-state index contributed by atoms with van der Waals surface area (Å²) in [5, 5.41) is 9.50. The maximum absolute atomic E-state index is 11.7.